The quantitative estimate of drug-likeness (QED) is 0.834. The molecule has 0 fully saturated rings. The van der Waals surface area contributed by atoms with E-state index in [1.807, 2.05) is 12.1 Å². The first-order valence-corrected chi connectivity index (χ1v) is 6.12. The van der Waals surface area contributed by atoms with Crippen LogP contribution in [0.1, 0.15) is 32.4 Å². The third-order valence-corrected chi connectivity index (χ3v) is 2.97. The Morgan fingerprint density at radius 2 is 2.25 bits per heavy atom. The fourth-order valence-electron chi connectivity index (χ4n) is 1.18. The fourth-order valence-corrected chi connectivity index (χ4v) is 1.88. The molecule has 16 heavy (non-hydrogen) atoms. The van der Waals surface area contributed by atoms with Gasteiger partial charge in [-0.25, -0.2) is 4.98 Å². The molecule has 0 aliphatic rings. The molecule has 0 aromatic carbocycles. The number of nitrogens with zero attached hydrogens (tertiary/aromatic N) is 2. The molecule has 2 aromatic heterocycles. The van der Waals surface area contributed by atoms with Crippen LogP contribution in [0.2, 0.25) is 0 Å². The maximum absolute atomic E-state index is 5.24. The van der Waals surface area contributed by atoms with Gasteiger partial charge in [0.25, 0.3) is 0 Å². The molecule has 0 saturated carbocycles. The summed E-state index contributed by atoms with van der Waals surface area (Å²) in [4.78, 5) is 4.44. The molecule has 4 nitrogen and oxygen atoms in total. The SMILES string of the molecule is CC(C)(C)c1nc(SCc2ccco2)n[nH]1. The minimum Gasteiger partial charge on any atom is -0.468 e. The number of hydrogen-bond donors (Lipinski definition) is 1. The molecule has 0 aliphatic carbocycles. The largest absolute Gasteiger partial charge is 0.468 e. The molecule has 0 spiro atoms. The van der Waals surface area contributed by atoms with E-state index >= 15 is 0 Å². The number of aromatic amines is 1. The molecule has 0 atom stereocenters. The summed E-state index contributed by atoms with van der Waals surface area (Å²) in [6, 6.07) is 3.83. The van der Waals surface area contributed by atoms with Gasteiger partial charge < -0.3 is 4.42 Å². The standard InChI is InChI=1S/C11H15N3OS/c1-11(2,3)9-12-10(14-13-9)16-7-8-5-4-6-15-8/h4-6H,7H2,1-3H3,(H,12,13,14). The van der Waals surface area contributed by atoms with Crippen molar-refractivity contribution in [2.45, 2.75) is 37.1 Å². The van der Waals surface area contributed by atoms with Gasteiger partial charge in [-0.3, -0.25) is 5.10 Å². The van der Waals surface area contributed by atoms with Gasteiger partial charge in [0.05, 0.1) is 12.0 Å². The van der Waals surface area contributed by atoms with Gasteiger partial charge in [-0.15, -0.1) is 5.10 Å². The number of rotatable bonds is 3. The van der Waals surface area contributed by atoms with Gasteiger partial charge in [0.2, 0.25) is 5.16 Å². The van der Waals surface area contributed by atoms with Crippen molar-refractivity contribution < 1.29 is 4.42 Å². The molecule has 0 amide bonds. The van der Waals surface area contributed by atoms with E-state index in [1.54, 1.807) is 18.0 Å². The summed E-state index contributed by atoms with van der Waals surface area (Å²) >= 11 is 1.57. The van der Waals surface area contributed by atoms with Crippen molar-refractivity contribution in [2.24, 2.45) is 0 Å². The Balaban J connectivity index is 1.98. The average molecular weight is 237 g/mol. The second-order valence-electron chi connectivity index (χ2n) is 4.58. The third kappa shape index (κ3) is 2.66. The van der Waals surface area contributed by atoms with Crippen LogP contribution in [0.25, 0.3) is 0 Å². The molecule has 2 heterocycles. The van der Waals surface area contributed by atoms with Gasteiger partial charge >= 0.3 is 0 Å². The first-order chi connectivity index (χ1) is 7.55. The van der Waals surface area contributed by atoms with E-state index in [9.17, 15) is 0 Å². The van der Waals surface area contributed by atoms with Crippen LogP contribution in [-0.2, 0) is 11.2 Å². The van der Waals surface area contributed by atoms with E-state index in [0.717, 1.165) is 22.5 Å². The number of H-pyrrole nitrogens is 1. The second kappa shape index (κ2) is 4.33. The topological polar surface area (TPSA) is 54.7 Å². The number of thioether (sulfide) groups is 1. The Kier molecular flexibility index (Phi) is 3.05. The van der Waals surface area contributed by atoms with Crippen LogP contribution in [0.4, 0.5) is 0 Å². The second-order valence-corrected chi connectivity index (χ2v) is 5.53. The maximum Gasteiger partial charge on any atom is 0.208 e. The fraction of sp³-hybridized carbons (Fsp3) is 0.455. The third-order valence-electron chi connectivity index (χ3n) is 2.10. The normalized spacial score (nSPS) is 11.9. The first-order valence-electron chi connectivity index (χ1n) is 5.14. The Morgan fingerprint density at radius 1 is 1.44 bits per heavy atom. The summed E-state index contributed by atoms with van der Waals surface area (Å²) < 4.78 is 5.24. The Bertz CT molecular complexity index is 442. The number of aromatic nitrogens is 3. The van der Waals surface area contributed by atoms with Crippen molar-refractivity contribution in [3.05, 3.63) is 30.0 Å². The molecular weight excluding hydrogens is 222 g/mol. The average Bonchev–Trinajstić information content (AvgIpc) is 2.85. The number of hydrogen-bond acceptors (Lipinski definition) is 4. The van der Waals surface area contributed by atoms with E-state index in [2.05, 4.69) is 36.0 Å². The molecule has 2 rings (SSSR count). The zero-order valence-corrected chi connectivity index (χ0v) is 10.5. The highest BCUT2D eigenvalue weighted by Gasteiger charge is 2.18. The molecular formula is C11H15N3OS. The van der Waals surface area contributed by atoms with E-state index in [1.165, 1.54) is 0 Å². The molecule has 0 unspecified atom stereocenters. The lowest BCUT2D eigenvalue weighted by Gasteiger charge is -2.12. The van der Waals surface area contributed by atoms with E-state index in [-0.39, 0.29) is 5.41 Å². The van der Waals surface area contributed by atoms with Crippen molar-refractivity contribution in [3.63, 3.8) is 0 Å². The summed E-state index contributed by atoms with van der Waals surface area (Å²) in [6.07, 6.45) is 1.68. The molecule has 0 aliphatic heterocycles. The maximum atomic E-state index is 5.24. The Morgan fingerprint density at radius 3 is 2.81 bits per heavy atom. The van der Waals surface area contributed by atoms with Crippen LogP contribution < -0.4 is 0 Å². The van der Waals surface area contributed by atoms with Gasteiger partial charge in [-0.1, -0.05) is 32.5 Å². The van der Waals surface area contributed by atoms with E-state index in [0.29, 0.717) is 0 Å². The van der Waals surface area contributed by atoms with Gasteiger partial charge in [0.1, 0.15) is 11.6 Å². The van der Waals surface area contributed by atoms with E-state index in [4.69, 9.17) is 4.42 Å². The van der Waals surface area contributed by atoms with Gasteiger partial charge in [0.15, 0.2) is 0 Å². The van der Waals surface area contributed by atoms with Crippen molar-refractivity contribution in [3.8, 4) is 0 Å². The van der Waals surface area contributed by atoms with Crippen molar-refractivity contribution in [1.82, 2.24) is 15.2 Å². The molecule has 1 N–H and O–H groups in total. The predicted molar refractivity (Wildman–Crippen MR) is 63.4 cm³/mol. The van der Waals surface area contributed by atoms with Crippen molar-refractivity contribution >= 4 is 11.8 Å². The minimum absolute atomic E-state index is 0.0104. The van der Waals surface area contributed by atoms with Crippen LogP contribution >= 0.6 is 11.8 Å². The van der Waals surface area contributed by atoms with Gasteiger partial charge in [0, 0.05) is 5.41 Å². The summed E-state index contributed by atoms with van der Waals surface area (Å²) in [5.41, 5.74) is 0.0104. The van der Waals surface area contributed by atoms with E-state index < -0.39 is 0 Å². The van der Waals surface area contributed by atoms with Crippen LogP contribution in [0.15, 0.2) is 28.0 Å². The molecule has 5 heteroatoms. The summed E-state index contributed by atoms with van der Waals surface area (Å²) in [5.74, 6) is 2.61. The highest BCUT2D eigenvalue weighted by atomic mass is 32.2. The number of furan rings is 1. The van der Waals surface area contributed by atoms with Crippen LogP contribution in [-0.4, -0.2) is 15.2 Å². The molecule has 0 bridgehead atoms. The van der Waals surface area contributed by atoms with Crippen LogP contribution in [0.5, 0.6) is 0 Å². The predicted octanol–water partition coefficient (Wildman–Crippen LogP) is 2.99. The first kappa shape index (κ1) is 11.3. The van der Waals surface area contributed by atoms with Crippen molar-refractivity contribution in [1.29, 1.82) is 0 Å². The summed E-state index contributed by atoms with van der Waals surface area (Å²) in [5, 5.41) is 7.90. The van der Waals surface area contributed by atoms with Gasteiger partial charge in [-0.2, -0.15) is 0 Å². The summed E-state index contributed by atoms with van der Waals surface area (Å²) in [6.45, 7) is 6.32. The molecule has 0 saturated heterocycles. The van der Waals surface area contributed by atoms with Crippen LogP contribution in [0.3, 0.4) is 0 Å². The lowest BCUT2D eigenvalue weighted by atomic mass is 9.96. The van der Waals surface area contributed by atoms with Crippen LogP contribution in [0, 0.1) is 0 Å². The monoisotopic (exact) mass is 237 g/mol. The zero-order chi connectivity index (χ0) is 11.6. The number of nitrogens with one attached hydrogen (secondary N) is 1. The molecule has 2 aromatic rings. The smallest absolute Gasteiger partial charge is 0.208 e. The summed E-state index contributed by atoms with van der Waals surface area (Å²) in [7, 11) is 0. The highest BCUT2D eigenvalue weighted by molar-refractivity contribution is 7.98. The van der Waals surface area contributed by atoms with Gasteiger partial charge in [-0.05, 0) is 12.1 Å². The Labute approximate surface area is 98.8 Å². The highest BCUT2D eigenvalue weighted by Crippen LogP contribution is 2.23. The lowest BCUT2D eigenvalue weighted by molar-refractivity contribution is 0.530. The van der Waals surface area contributed by atoms with Crippen molar-refractivity contribution in [2.75, 3.05) is 0 Å². The molecule has 86 valence electrons. The minimum atomic E-state index is 0.0104. The Hall–Kier alpha value is -1.23. The lowest BCUT2D eigenvalue weighted by Crippen LogP contribution is -2.13. The molecule has 0 radical (unpaired) electrons. The zero-order valence-electron chi connectivity index (χ0n) is 9.65.